The number of fused-ring (bicyclic) bond motifs is 14. The SMILES string of the molecule is CC1(C)c2ccccc2-c2c(-n3c4ccccc4c4ccc(N(c5ccccc5)c5ccc6c(c5)C5(c7ccccc7O6)c6ccccc6-c6cccc7cccc5c67)cc43)cccc21. The zero-order valence-corrected chi connectivity index (χ0v) is 36.1. The van der Waals surface area contributed by atoms with E-state index in [1.54, 1.807) is 0 Å². The van der Waals surface area contributed by atoms with Gasteiger partial charge in [0.2, 0.25) is 0 Å². The van der Waals surface area contributed by atoms with Crippen LogP contribution in [0.2, 0.25) is 0 Å². The van der Waals surface area contributed by atoms with Crippen LogP contribution in [0.4, 0.5) is 17.1 Å². The summed E-state index contributed by atoms with van der Waals surface area (Å²) in [5, 5.41) is 4.99. The maximum Gasteiger partial charge on any atom is 0.132 e. The first-order chi connectivity index (χ1) is 32.0. The zero-order valence-electron chi connectivity index (χ0n) is 36.1. The van der Waals surface area contributed by atoms with Crippen LogP contribution in [0.1, 0.15) is 47.2 Å². The Morgan fingerprint density at radius 1 is 0.400 bits per heavy atom. The van der Waals surface area contributed by atoms with Gasteiger partial charge in [0.15, 0.2) is 0 Å². The van der Waals surface area contributed by atoms with E-state index in [9.17, 15) is 0 Å². The average molecular weight is 831 g/mol. The first-order valence-corrected chi connectivity index (χ1v) is 22.7. The lowest BCUT2D eigenvalue weighted by Gasteiger charge is -2.45. The van der Waals surface area contributed by atoms with Crippen LogP contribution in [0.5, 0.6) is 11.5 Å². The molecule has 0 amide bonds. The van der Waals surface area contributed by atoms with Crippen molar-refractivity contribution in [1.29, 1.82) is 0 Å². The molecule has 0 fully saturated rings. The summed E-state index contributed by atoms with van der Waals surface area (Å²) in [5.41, 5.74) is 18.7. The summed E-state index contributed by atoms with van der Waals surface area (Å²) >= 11 is 0. The molecule has 0 radical (unpaired) electrons. The van der Waals surface area contributed by atoms with Crippen LogP contribution in [-0.4, -0.2) is 4.57 Å². The molecule has 0 bridgehead atoms. The number of anilines is 3. The van der Waals surface area contributed by atoms with Crippen molar-refractivity contribution in [1.82, 2.24) is 4.57 Å². The number of hydrogen-bond acceptors (Lipinski definition) is 2. The van der Waals surface area contributed by atoms with Gasteiger partial charge in [0, 0.05) is 49.9 Å². The number of para-hydroxylation sites is 3. The lowest BCUT2D eigenvalue weighted by atomic mass is 9.58. The maximum absolute atomic E-state index is 6.96. The van der Waals surface area contributed by atoms with Crippen molar-refractivity contribution in [2.45, 2.75) is 24.7 Å². The van der Waals surface area contributed by atoms with E-state index in [2.05, 4.69) is 242 Å². The predicted octanol–water partition coefficient (Wildman–Crippen LogP) is 16.2. The van der Waals surface area contributed by atoms with Gasteiger partial charge in [-0.2, -0.15) is 0 Å². The summed E-state index contributed by atoms with van der Waals surface area (Å²) in [7, 11) is 0. The van der Waals surface area contributed by atoms with E-state index in [-0.39, 0.29) is 5.41 Å². The monoisotopic (exact) mass is 830 g/mol. The van der Waals surface area contributed by atoms with E-state index in [4.69, 9.17) is 4.74 Å². The van der Waals surface area contributed by atoms with E-state index < -0.39 is 5.41 Å². The third kappa shape index (κ3) is 4.79. The molecule has 0 saturated carbocycles. The van der Waals surface area contributed by atoms with E-state index in [1.807, 2.05) is 0 Å². The molecule has 2 aliphatic carbocycles. The number of aromatic nitrogens is 1. The summed E-state index contributed by atoms with van der Waals surface area (Å²) in [4.78, 5) is 2.42. The van der Waals surface area contributed by atoms with Crippen molar-refractivity contribution < 1.29 is 4.74 Å². The first-order valence-electron chi connectivity index (χ1n) is 22.7. The quantitative estimate of drug-likeness (QED) is 0.176. The van der Waals surface area contributed by atoms with Crippen molar-refractivity contribution in [2.75, 3.05) is 4.90 Å². The van der Waals surface area contributed by atoms with Crippen molar-refractivity contribution in [3.63, 3.8) is 0 Å². The minimum absolute atomic E-state index is 0.115. The van der Waals surface area contributed by atoms with Gasteiger partial charge in [0.1, 0.15) is 11.5 Å². The van der Waals surface area contributed by atoms with Crippen LogP contribution in [0, 0.1) is 0 Å². The summed E-state index contributed by atoms with van der Waals surface area (Å²) in [5.74, 6) is 1.75. The lowest BCUT2D eigenvalue weighted by molar-refractivity contribution is 0.435. The Balaban J connectivity index is 1.04. The standard InChI is InChI=1S/C62H42N2O/c1-61(2)48-25-9-7-23-47(48)60-51(61)28-16-31-55(60)64-54-30-12-8-22-44(54)45-35-33-42(38-56(45)64)63(40-19-4-3-5-20-40)41-34-36-58-53(37-41)62(50-27-11-13-32-57(50)65-58)49-26-10-6-21-43(49)46-24-14-17-39-18-15-29-52(62)59(39)46/h3-38H,1-2H3. The highest BCUT2D eigenvalue weighted by atomic mass is 16.5. The second-order valence-electron chi connectivity index (χ2n) is 18.4. The van der Waals surface area contributed by atoms with Crippen molar-refractivity contribution in [3.8, 4) is 39.4 Å². The number of hydrogen-bond donors (Lipinski definition) is 0. The molecule has 306 valence electrons. The fraction of sp³-hybridized carbons (Fsp3) is 0.0645. The molecule has 1 unspecified atom stereocenters. The summed E-state index contributed by atoms with van der Waals surface area (Å²) in [6, 6.07) is 80.6. The van der Waals surface area contributed by atoms with E-state index in [0.717, 1.165) is 45.2 Å². The number of ether oxygens (including phenoxy) is 1. The molecule has 14 rings (SSSR count). The Bertz CT molecular complexity index is 3800. The van der Waals surface area contributed by atoms with Gasteiger partial charge in [0.05, 0.1) is 22.1 Å². The molecule has 2 heterocycles. The van der Waals surface area contributed by atoms with Gasteiger partial charge in [-0.15, -0.1) is 0 Å². The topological polar surface area (TPSA) is 17.4 Å². The Labute approximate surface area is 378 Å². The molecule has 0 N–H and O–H groups in total. The highest BCUT2D eigenvalue weighted by molar-refractivity contribution is 6.11. The Morgan fingerprint density at radius 2 is 1.02 bits per heavy atom. The molecule has 0 saturated heterocycles. The molecule has 1 aromatic heterocycles. The molecule has 3 heteroatoms. The van der Waals surface area contributed by atoms with Gasteiger partial charge < -0.3 is 14.2 Å². The molecule has 3 aliphatic rings. The summed E-state index contributed by atoms with van der Waals surface area (Å²) in [6.07, 6.45) is 0. The number of benzene rings is 10. The Morgan fingerprint density at radius 3 is 1.89 bits per heavy atom. The molecular formula is C62H42N2O. The van der Waals surface area contributed by atoms with Crippen LogP contribution in [-0.2, 0) is 10.8 Å². The second-order valence-corrected chi connectivity index (χ2v) is 18.4. The predicted molar refractivity (Wildman–Crippen MR) is 268 cm³/mol. The van der Waals surface area contributed by atoms with Crippen LogP contribution >= 0.6 is 0 Å². The molecule has 1 atom stereocenters. The van der Waals surface area contributed by atoms with E-state index in [1.165, 1.54) is 77.3 Å². The minimum atomic E-state index is -0.652. The zero-order chi connectivity index (χ0) is 43.0. The molecule has 3 nitrogen and oxygen atoms in total. The van der Waals surface area contributed by atoms with Gasteiger partial charge in [-0.3, -0.25) is 0 Å². The van der Waals surface area contributed by atoms with Crippen LogP contribution < -0.4 is 9.64 Å². The van der Waals surface area contributed by atoms with Gasteiger partial charge in [-0.25, -0.2) is 0 Å². The maximum atomic E-state index is 6.96. The van der Waals surface area contributed by atoms with E-state index >= 15 is 0 Å². The fourth-order valence-electron chi connectivity index (χ4n) is 12.1. The molecule has 10 aromatic carbocycles. The molecule has 65 heavy (non-hydrogen) atoms. The highest BCUT2D eigenvalue weighted by Gasteiger charge is 2.49. The molecule has 1 aliphatic heterocycles. The van der Waals surface area contributed by atoms with Gasteiger partial charge in [-0.1, -0.05) is 172 Å². The Kier molecular flexibility index (Phi) is 7.38. The van der Waals surface area contributed by atoms with Gasteiger partial charge in [-0.05, 0) is 110 Å². The normalized spacial score (nSPS) is 15.8. The minimum Gasteiger partial charge on any atom is -0.457 e. The highest BCUT2D eigenvalue weighted by Crippen LogP contribution is 2.62. The fourth-order valence-corrected chi connectivity index (χ4v) is 12.1. The molecule has 11 aromatic rings. The van der Waals surface area contributed by atoms with Gasteiger partial charge in [0.25, 0.3) is 0 Å². The summed E-state index contributed by atoms with van der Waals surface area (Å²) < 4.78 is 9.47. The summed E-state index contributed by atoms with van der Waals surface area (Å²) in [6.45, 7) is 4.72. The van der Waals surface area contributed by atoms with Crippen LogP contribution in [0.3, 0.4) is 0 Å². The molecular weight excluding hydrogens is 789 g/mol. The average Bonchev–Trinajstić information content (AvgIpc) is 3.81. The van der Waals surface area contributed by atoms with Gasteiger partial charge >= 0.3 is 0 Å². The third-order valence-electron chi connectivity index (χ3n) is 14.8. The van der Waals surface area contributed by atoms with Crippen LogP contribution in [0.15, 0.2) is 218 Å². The first kappa shape index (κ1) is 36.4. The van der Waals surface area contributed by atoms with Crippen molar-refractivity contribution >= 4 is 49.6 Å². The number of nitrogens with zero attached hydrogens (tertiary/aromatic N) is 2. The van der Waals surface area contributed by atoms with Crippen molar-refractivity contribution in [2.24, 2.45) is 0 Å². The largest absolute Gasteiger partial charge is 0.457 e. The van der Waals surface area contributed by atoms with Crippen molar-refractivity contribution in [3.05, 3.63) is 252 Å². The Hall–Kier alpha value is -8.14. The van der Waals surface area contributed by atoms with E-state index in [0.29, 0.717) is 0 Å². The smallest absolute Gasteiger partial charge is 0.132 e. The van der Waals surface area contributed by atoms with Crippen LogP contribution in [0.25, 0.3) is 60.5 Å². The lowest BCUT2D eigenvalue weighted by Crippen LogP contribution is -2.36. The number of rotatable bonds is 4. The third-order valence-corrected chi connectivity index (χ3v) is 14.8. The second kappa shape index (κ2) is 13.2. The molecule has 1 spiro atoms.